The Morgan fingerprint density at radius 2 is 1.92 bits per heavy atom. The van der Waals surface area contributed by atoms with E-state index in [0.29, 0.717) is 9.35 Å². The van der Waals surface area contributed by atoms with Crippen LogP contribution in [0.25, 0.3) is 0 Å². The van der Waals surface area contributed by atoms with Gasteiger partial charge in [0.05, 0.1) is 16.0 Å². The van der Waals surface area contributed by atoms with Crippen molar-refractivity contribution in [2.45, 2.75) is 11.4 Å². The molecule has 3 aromatic rings. The summed E-state index contributed by atoms with van der Waals surface area (Å²) in [6.07, 6.45) is 1.44. The summed E-state index contributed by atoms with van der Waals surface area (Å²) in [6.45, 7) is 0.111. The predicted molar refractivity (Wildman–Crippen MR) is 94.6 cm³/mol. The third kappa shape index (κ3) is 3.67. The number of carbonyl (C=O) groups excluding carboxylic acids is 1. The van der Waals surface area contributed by atoms with E-state index in [-0.39, 0.29) is 23.0 Å². The van der Waals surface area contributed by atoms with Crippen LogP contribution in [0.3, 0.4) is 0 Å². The molecule has 0 aliphatic carbocycles. The van der Waals surface area contributed by atoms with E-state index in [1.54, 1.807) is 42.5 Å². The Bertz CT molecular complexity index is 962. The summed E-state index contributed by atoms with van der Waals surface area (Å²) in [5.41, 5.74) is 0. The van der Waals surface area contributed by atoms with Gasteiger partial charge in [0.15, 0.2) is 5.76 Å². The monoisotopic (exact) mass is 425 g/mol. The average molecular weight is 426 g/mol. The standard InChI is InChI=1S/C16H12BrNO4S2/c17-12-4-1-2-6-15(12)24(20,21)18-10-11-7-8-14(23-11)16(19)13-5-3-9-22-13/h1-9,18H,10H2. The topological polar surface area (TPSA) is 76.4 Å². The fourth-order valence-electron chi connectivity index (χ4n) is 2.03. The number of thiophene rings is 1. The molecule has 124 valence electrons. The van der Waals surface area contributed by atoms with E-state index >= 15 is 0 Å². The van der Waals surface area contributed by atoms with Crippen LogP contribution in [0.5, 0.6) is 0 Å². The molecular weight excluding hydrogens is 414 g/mol. The van der Waals surface area contributed by atoms with Crippen LogP contribution in [0.1, 0.15) is 20.3 Å². The molecule has 0 spiro atoms. The molecule has 0 bridgehead atoms. The Balaban J connectivity index is 1.72. The van der Waals surface area contributed by atoms with Crippen molar-refractivity contribution >= 4 is 43.1 Å². The normalized spacial score (nSPS) is 11.5. The molecular formula is C16H12BrNO4S2. The summed E-state index contributed by atoms with van der Waals surface area (Å²) < 4.78 is 32.8. The van der Waals surface area contributed by atoms with Crippen LogP contribution in [0.15, 0.2) is 68.6 Å². The molecule has 1 aromatic carbocycles. The molecule has 3 rings (SSSR count). The summed E-state index contributed by atoms with van der Waals surface area (Å²) in [5.74, 6) is 0.0436. The molecule has 24 heavy (non-hydrogen) atoms. The number of sulfonamides is 1. The molecule has 0 unspecified atom stereocenters. The van der Waals surface area contributed by atoms with Crippen LogP contribution in [-0.2, 0) is 16.6 Å². The van der Waals surface area contributed by atoms with Crippen molar-refractivity contribution < 1.29 is 17.6 Å². The molecule has 2 heterocycles. The van der Waals surface area contributed by atoms with Gasteiger partial charge in [-0.3, -0.25) is 4.79 Å². The Hall–Kier alpha value is -1.74. The maximum atomic E-state index is 12.3. The summed E-state index contributed by atoms with van der Waals surface area (Å²) in [6, 6.07) is 13.2. The minimum atomic E-state index is -3.64. The zero-order valence-corrected chi connectivity index (χ0v) is 15.4. The molecule has 0 radical (unpaired) electrons. The van der Waals surface area contributed by atoms with E-state index in [1.807, 2.05) is 0 Å². The molecule has 0 amide bonds. The number of carbonyl (C=O) groups is 1. The third-order valence-corrected chi connectivity index (χ3v) is 6.69. The second-order valence-electron chi connectivity index (χ2n) is 4.83. The number of hydrogen-bond acceptors (Lipinski definition) is 5. The van der Waals surface area contributed by atoms with E-state index < -0.39 is 10.0 Å². The van der Waals surface area contributed by atoms with Gasteiger partial charge in [-0.1, -0.05) is 12.1 Å². The van der Waals surface area contributed by atoms with E-state index in [9.17, 15) is 13.2 Å². The Kier molecular flexibility index (Phi) is 5.00. The van der Waals surface area contributed by atoms with Crippen molar-refractivity contribution in [1.29, 1.82) is 0 Å². The lowest BCUT2D eigenvalue weighted by Crippen LogP contribution is -2.23. The molecule has 0 saturated carbocycles. The van der Waals surface area contributed by atoms with Crippen molar-refractivity contribution in [1.82, 2.24) is 4.72 Å². The lowest BCUT2D eigenvalue weighted by Gasteiger charge is -2.07. The number of rotatable bonds is 6. The number of furan rings is 1. The summed E-state index contributed by atoms with van der Waals surface area (Å²) in [5, 5.41) is 0. The van der Waals surface area contributed by atoms with Gasteiger partial charge in [-0.25, -0.2) is 13.1 Å². The molecule has 0 atom stereocenters. The largest absolute Gasteiger partial charge is 0.461 e. The number of halogens is 1. The molecule has 0 aliphatic rings. The minimum Gasteiger partial charge on any atom is -0.461 e. The Morgan fingerprint density at radius 1 is 1.12 bits per heavy atom. The molecule has 5 nitrogen and oxygen atoms in total. The highest BCUT2D eigenvalue weighted by Gasteiger charge is 2.18. The average Bonchev–Trinajstić information content (AvgIpc) is 3.24. The van der Waals surface area contributed by atoms with Gasteiger partial charge in [-0.15, -0.1) is 11.3 Å². The highest BCUT2D eigenvalue weighted by Crippen LogP contribution is 2.23. The van der Waals surface area contributed by atoms with Gasteiger partial charge in [-0.2, -0.15) is 0 Å². The number of hydrogen-bond donors (Lipinski definition) is 1. The molecule has 1 N–H and O–H groups in total. The van der Waals surface area contributed by atoms with Gasteiger partial charge in [0.25, 0.3) is 0 Å². The molecule has 8 heteroatoms. The van der Waals surface area contributed by atoms with Gasteiger partial charge in [0.1, 0.15) is 0 Å². The van der Waals surface area contributed by atoms with Gasteiger partial charge in [-0.05, 0) is 52.3 Å². The maximum absolute atomic E-state index is 12.3. The summed E-state index contributed by atoms with van der Waals surface area (Å²) in [4.78, 5) is 13.6. The first kappa shape index (κ1) is 17.1. The Labute approximate surface area is 151 Å². The van der Waals surface area contributed by atoms with Crippen LogP contribution in [0.2, 0.25) is 0 Å². The van der Waals surface area contributed by atoms with Crippen LogP contribution in [0, 0.1) is 0 Å². The van der Waals surface area contributed by atoms with Gasteiger partial charge < -0.3 is 4.42 Å². The Morgan fingerprint density at radius 3 is 2.62 bits per heavy atom. The van der Waals surface area contributed by atoms with Crippen LogP contribution >= 0.6 is 27.3 Å². The second-order valence-corrected chi connectivity index (χ2v) is 8.59. The number of nitrogens with one attached hydrogen (secondary N) is 1. The van der Waals surface area contributed by atoms with Crippen LogP contribution < -0.4 is 4.72 Å². The van der Waals surface area contributed by atoms with Crippen molar-refractivity contribution in [3.63, 3.8) is 0 Å². The van der Waals surface area contributed by atoms with Crippen molar-refractivity contribution in [3.8, 4) is 0 Å². The first-order valence-corrected chi connectivity index (χ1v) is 9.98. The fourth-order valence-corrected chi connectivity index (χ4v) is 5.02. The second kappa shape index (κ2) is 7.02. The first-order chi connectivity index (χ1) is 11.5. The first-order valence-electron chi connectivity index (χ1n) is 6.88. The fraction of sp³-hybridized carbons (Fsp3) is 0.0625. The van der Waals surface area contributed by atoms with E-state index in [4.69, 9.17) is 4.42 Å². The highest BCUT2D eigenvalue weighted by atomic mass is 79.9. The minimum absolute atomic E-state index is 0.111. The van der Waals surface area contributed by atoms with E-state index in [1.165, 1.54) is 23.7 Å². The van der Waals surface area contributed by atoms with Crippen molar-refractivity contribution in [2.75, 3.05) is 0 Å². The molecule has 0 saturated heterocycles. The van der Waals surface area contributed by atoms with Crippen LogP contribution in [0.4, 0.5) is 0 Å². The lowest BCUT2D eigenvalue weighted by molar-refractivity contribution is 0.101. The zero-order chi connectivity index (χ0) is 17.2. The quantitative estimate of drug-likeness (QED) is 0.609. The number of ketones is 1. The molecule has 2 aromatic heterocycles. The van der Waals surface area contributed by atoms with Gasteiger partial charge in [0.2, 0.25) is 15.8 Å². The predicted octanol–water partition coefficient (Wildman–Crippen LogP) is 3.81. The smallest absolute Gasteiger partial charge is 0.242 e. The third-order valence-electron chi connectivity index (χ3n) is 3.19. The van der Waals surface area contributed by atoms with E-state index in [2.05, 4.69) is 20.7 Å². The highest BCUT2D eigenvalue weighted by molar-refractivity contribution is 9.10. The van der Waals surface area contributed by atoms with Crippen molar-refractivity contribution in [3.05, 3.63) is 74.8 Å². The molecule has 0 fully saturated rings. The van der Waals surface area contributed by atoms with Gasteiger partial charge >= 0.3 is 0 Å². The molecule has 0 aliphatic heterocycles. The van der Waals surface area contributed by atoms with Crippen molar-refractivity contribution in [2.24, 2.45) is 0 Å². The van der Waals surface area contributed by atoms with Gasteiger partial charge in [0, 0.05) is 15.9 Å². The zero-order valence-electron chi connectivity index (χ0n) is 12.2. The summed E-state index contributed by atoms with van der Waals surface area (Å²) >= 11 is 4.46. The number of benzene rings is 1. The summed E-state index contributed by atoms with van der Waals surface area (Å²) in [7, 11) is -3.64. The SMILES string of the molecule is O=C(c1ccco1)c1ccc(CNS(=O)(=O)c2ccccc2Br)s1. The lowest BCUT2D eigenvalue weighted by atomic mass is 10.2. The maximum Gasteiger partial charge on any atom is 0.242 e. The van der Waals surface area contributed by atoms with Crippen LogP contribution in [-0.4, -0.2) is 14.2 Å². The van der Waals surface area contributed by atoms with E-state index in [0.717, 1.165) is 4.88 Å².